The van der Waals surface area contributed by atoms with Crippen LogP contribution in [0.4, 0.5) is 0 Å². The number of imide groups is 1. The van der Waals surface area contributed by atoms with Crippen LogP contribution in [0.25, 0.3) is 0 Å². The van der Waals surface area contributed by atoms with E-state index in [1.54, 1.807) is 0 Å². The Morgan fingerprint density at radius 2 is 1.97 bits per heavy atom. The van der Waals surface area contributed by atoms with Crippen LogP contribution in [0.5, 0.6) is 0 Å². The number of aliphatic imine (C=N–C) groups is 1. The Hall–Kier alpha value is -1.68. The molecule has 1 atom stereocenters. The van der Waals surface area contributed by atoms with Crippen molar-refractivity contribution in [2.45, 2.75) is 39.2 Å². The van der Waals surface area contributed by atoms with Gasteiger partial charge < -0.3 is 15.0 Å². The van der Waals surface area contributed by atoms with Crippen molar-refractivity contribution in [3.05, 3.63) is 35.4 Å². The fourth-order valence-electron chi connectivity index (χ4n) is 3.71. The Labute approximate surface area is 189 Å². The maximum absolute atomic E-state index is 12.0. The van der Waals surface area contributed by atoms with Crippen molar-refractivity contribution in [1.82, 2.24) is 15.1 Å². The van der Waals surface area contributed by atoms with Gasteiger partial charge in [0.25, 0.3) is 0 Å². The van der Waals surface area contributed by atoms with E-state index in [1.807, 2.05) is 19.1 Å². The molecular weight excluding hydrogens is 483 g/mol. The number of hydrogen-bond donors (Lipinski definition) is 1. The lowest BCUT2D eigenvalue weighted by molar-refractivity contribution is -0.147. The summed E-state index contributed by atoms with van der Waals surface area (Å²) in [6.45, 7) is 7.76. The molecule has 1 aromatic rings. The van der Waals surface area contributed by atoms with Gasteiger partial charge in [-0.15, -0.1) is 24.0 Å². The number of ether oxygens (including phenoxy) is 1. The van der Waals surface area contributed by atoms with E-state index in [1.165, 1.54) is 16.0 Å². The molecule has 0 spiro atoms. The summed E-state index contributed by atoms with van der Waals surface area (Å²) in [5.41, 5.74) is 2.42. The highest BCUT2D eigenvalue weighted by Gasteiger charge is 2.27. The predicted molar refractivity (Wildman–Crippen MR) is 123 cm³/mol. The van der Waals surface area contributed by atoms with E-state index in [2.05, 4.69) is 34.3 Å². The first-order chi connectivity index (χ1) is 13.6. The predicted octanol–water partition coefficient (Wildman–Crippen LogP) is 2.49. The van der Waals surface area contributed by atoms with Gasteiger partial charge in [-0.25, -0.2) is 0 Å². The molecule has 0 bridgehead atoms. The van der Waals surface area contributed by atoms with Gasteiger partial charge in [-0.3, -0.25) is 19.5 Å². The SMILES string of the molecule is CCNC(=NCCN1C(=O)CCCC1=O)N1CCOC(c2ccccc2C)C1.I. The summed E-state index contributed by atoms with van der Waals surface area (Å²) < 4.78 is 6.01. The fourth-order valence-corrected chi connectivity index (χ4v) is 3.71. The minimum absolute atomic E-state index is 0. The first kappa shape index (κ1) is 23.6. The Bertz CT molecular complexity index is 724. The summed E-state index contributed by atoms with van der Waals surface area (Å²) in [4.78, 5) is 32.1. The molecule has 0 saturated carbocycles. The molecular formula is C21H31IN4O3. The number of amides is 2. The lowest BCUT2D eigenvalue weighted by Crippen LogP contribution is -2.48. The topological polar surface area (TPSA) is 74.2 Å². The summed E-state index contributed by atoms with van der Waals surface area (Å²) in [7, 11) is 0. The van der Waals surface area contributed by atoms with Crippen molar-refractivity contribution < 1.29 is 14.3 Å². The summed E-state index contributed by atoms with van der Waals surface area (Å²) in [5.74, 6) is 0.645. The number of guanidine groups is 1. The number of likely N-dealkylation sites (tertiary alicyclic amines) is 1. The monoisotopic (exact) mass is 514 g/mol. The van der Waals surface area contributed by atoms with Crippen molar-refractivity contribution in [3.63, 3.8) is 0 Å². The Morgan fingerprint density at radius 3 is 2.66 bits per heavy atom. The minimum Gasteiger partial charge on any atom is -0.370 e. The molecule has 2 saturated heterocycles. The highest BCUT2D eigenvalue weighted by atomic mass is 127. The number of hydrogen-bond acceptors (Lipinski definition) is 4. The van der Waals surface area contributed by atoms with Gasteiger partial charge >= 0.3 is 0 Å². The molecule has 8 heteroatoms. The number of halogens is 1. The number of benzene rings is 1. The Balaban J connectivity index is 0.00000300. The van der Waals surface area contributed by atoms with E-state index >= 15 is 0 Å². The maximum Gasteiger partial charge on any atom is 0.229 e. The van der Waals surface area contributed by atoms with Crippen LogP contribution < -0.4 is 5.32 Å². The first-order valence-corrected chi connectivity index (χ1v) is 10.1. The average Bonchev–Trinajstić information content (AvgIpc) is 2.70. The van der Waals surface area contributed by atoms with E-state index in [-0.39, 0.29) is 41.9 Å². The number of rotatable bonds is 5. The van der Waals surface area contributed by atoms with Gasteiger partial charge in [0.15, 0.2) is 5.96 Å². The third kappa shape index (κ3) is 6.15. The van der Waals surface area contributed by atoms with Crippen molar-refractivity contribution >= 4 is 41.8 Å². The summed E-state index contributed by atoms with van der Waals surface area (Å²) in [6, 6.07) is 8.29. The second-order valence-electron chi connectivity index (χ2n) is 7.19. The van der Waals surface area contributed by atoms with Crippen LogP contribution in [0.2, 0.25) is 0 Å². The second-order valence-corrected chi connectivity index (χ2v) is 7.19. The van der Waals surface area contributed by atoms with E-state index < -0.39 is 0 Å². The minimum atomic E-state index is -0.0811. The van der Waals surface area contributed by atoms with Crippen LogP contribution >= 0.6 is 24.0 Å². The highest BCUT2D eigenvalue weighted by Crippen LogP contribution is 2.25. The van der Waals surface area contributed by atoms with Crippen LogP contribution in [-0.4, -0.2) is 66.9 Å². The second kappa shape index (κ2) is 11.5. The molecule has 2 heterocycles. The summed E-state index contributed by atoms with van der Waals surface area (Å²) in [5, 5.41) is 3.33. The normalized spacial score (nSPS) is 20.5. The van der Waals surface area contributed by atoms with Gasteiger partial charge in [0.1, 0.15) is 6.10 Å². The molecule has 2 fully saturated rings. The number of carbonyl (C=O) groups is 2. The van der Waals surface area contributed by atoms with Gasteiger partial charge in [-0.2, -0.15) is 0 Å². The van der Waals surface area contributed by atoms with Crippen molar-refractivity contribution in [3.8, 4) is 0 Å². The molecule has 2 amide bonds. The van der Waals surface area contributed by atoms with E-state index in [9.17, 15) is 9.59 Å². The summed E-state index contributed by atoms with van der Waals surface area (Å²) in [6.07, 6.45) is 1.58. The first-order valence-electron chi connectivity index (χ1n) is 10.1. The van der Waals surface area contributed by atoms with Crippen molar-refractivity contribution in [2.75, 3.05) is 39.3 Å². The van der Waals surface area contributed by atoms with E-state index in [0.29, 0.717) is 39.0 Å². The maximum atomic E-state index is 12.0. The molecule has 160 valence electrons. The highest BCUT2D eigenvalue weighted by molar-refractivity contribution is 14.0. The molecule has 2 aliphatic heterocycles. The van der Waals surface area contributed by atoms with Crippen molar-refractivity contribution in [2.24, 2.45) is 4.99 Å². The van der Waals surface area contributed by atoms with Crippen LogP contribution in [0.1, 0.15) is 43.4 Å². The largest absolute Gasteiger partial charge is 0.370 e. The van der Waals surface area contributed by atoms with Crippen LogP contribution in [-0.2, 0) is 14.3 Å². The molecule has 1 N–H and O–H groups in total. The van der Waals surface area contributed by atoms with E-state index in [4.69, 9.17) is 4.74 Å². The number of aryl methyl sites for hydroxylation is 1. The molecule has 3 rings (SSSR count). The molecule has 7 nitrogen and oxygen atoms in total. The van der Waals surface area contributed by atoms with Gasteiger partial charge in [0.05, 0.1) is 19.7 Å². The third-order valence-electron chi connectivity index (χ3n) is 5.20. The molecule has 0 aliphatic carbocycles. The zero-order valence-electron chi connectivity index (χ0n) is 17.2. The van der Waals surface area contributed by atoms with Crippen molar-refractivity contribution in [1.29, 1.82) is 0 Å². The van der Waals surface area contributed by atoms with Gasteiger partial charge in [-0.05, 0) is 31.4 Å². The van der Waals surface area contributed by atoms with Crippen LogP contribution in [0.3, 0.4) is 0 Å². The molecule has 0 aromatic heterocycles. The number of carbonyl (C=O) groups excluding carboxylic acids is 2. The standard InChI is InChI=1S/C21H30N4O3.HI/c1-3-22-21(23-11-12-25-19(26)9-6-10-20(25)27)24-13-14-28-18(15-24)17-8-5-4-7-16(17)2;/h4-5,7-8,18H,3,6,9-15H2,1-2H3,(H,22,23);1H. The summed E-state index contributed by atoms with van der Waals surface area (Å²) >= 11 is 0. The van der Waals surface area contributed by atoms with Gasteiger partial charge in [0, 0.05) is 32.5 Å². The average molecular weight is 514 g/mol. The number of nitrogens with one attached hydrogen (secondary N) is 1. The fraction of sp³-hybridized carbons (Fsp3) is 0.571. The quantitative estimate of drug-likeness (QED) is 0.283. The third-order valence-corrected chi connectivity index (χ3v) is 5.20. The molecule has 1 aromatic carbocycles. The zero-order chi connectivity index (χ0) is 19.9. The zero-order valence-corrected chi connectivity index (χ0v) is 19.6. The smallest absolute Gasteiger partial charge is 0.229 e. The van der Waals surface area contributed by atoms with E-state index in [0.717, 1.165) is 25.6 Å². The molecule has 1 unspecified atom stereocenters. The molecule has 0 radical (unpaired) electrons. The molecule has 2 aliphatic rings. The van der Waals surface area contributed by atoms with Crippen LogP contribution in [0.15, 0.2) is 29.3 Å². The Kier molecular flexibility index (Phi) is 9.35. The number of nitrogens with zero attached hydrogens (tertiary/aromatic N) is 3. The van der Waals surface area contributed by atoms with Gasteiger partial charge in [0.2, 0.25) is 11.8 Å². The lowest BCUT2D eigenvalue weighted by atomic mass is 10.0. The van der Waals surface area contributed by atoms with Gasteiger partial charge in [-0.1, -0.05) is 24.3 Å². The number of morpholine rings is 1. The lowest BCUT2D eigenvalue weighted by Gasteiger charge is -2.36. The number of piperidine rings is 1. The Morgan fingerprint density at radius 1 is 1.24 bits per heavy atom. The molecule has 29 heavy (non-hydrogen) atoms. The van der Waals surface area contributed by atoms with Crippen LogP contribution in [0, 0.1) is 6.92 Å².